The third-order valence-electron chi connectivity index (χ3n) is 4.66. The molecule has 2 atom stereocenters. The van der Waals surface area contributed by atoms with Crippen LogP contribution in [0.4, 0.5) is 4.39 Å². The first-order valence-corrected chi connectivity index (χ1v) is 8.44. The lowest BCUT2D eigenvalue weighted by molar-refractivity contribution is -0.122. The molecule has 2 aromatic carbocycles. The lowest BCUT2D eigenvalue weighted by atomic mass is 9.99. The topological polar surface area (TPSA) is 32.3 Å². The Balaban J connectivity index is 1.49. The van der Waals surface area contributed by atoms with E-state index in [-0.39, 0.29) is 17.8 Å². The molecule has 1 fully saturated rings. The molecule has 1 aliphatic rings. The molecule has 0 spiro atoms. The second-order valence-electron chi connectivity index (χ2n) is 6.47. The second kappa shape index (κ2) is 7.58. The van der Waals surface area contributed by atoms with E-state index < -0.39 is 0 Å². The molecule has 3 rings (SSSR count). The van der Waals surface area contributed by atoms with Crippen molar-refractivity contribution in [2.24, 2.45) is 0 Å². The van der Waals surface area contributed by atoms with Gasteiger partial charge in [-0.15, -0.1) is 0 Å². The highest BCUT2D eigenvalue weighted by molar-refractivity contribution is 5.78. The molecule has 2 unspecified atom stereocenters. The van der Waals surface area contributed by atoms with E-state index in [0.29, 0.717) is 12.5 Å². The fourth-order valence-corrected chi connectivity index (χ4v) is 3.30. The minimum absolute atomic E-state index is 0.0144. The SMILES string of the molecule is CC(NC(=O)CN1CCC(c2ccccc2)C1)c1ccc(F)cc1. The summed E-state index contributed by atoms with van der Waals surface area (Å²) in [5.74, 6) is 0.260. The van der Waals surface area contributed by atoms with E-state index in [9.17, 15) is 9.18 Å². The van der Waals surface area contributed by atoms with Crippen molar-refractivity contribution < 1.29 is 9.18 Å². The molecule has 1 saturated heterocycles. The quantitative estimate of drug-likeness (QED) is 0.912. The van der Waals surface area contributed by atoms with Crippen molar-refractivity contribution in [2.75, 3.05) is 19.6 Å². The molecule has 1 aliphatic heterocycles. The van der Waals surface area contributed by atoms with Crippen molar-refractivity contribution in [3.63, 3.8) is 0 Å². The van der Waals surface area contributed by atoms with Gasteiger partial charge in [0.1, 0.15) is 5.82 Å². The number of amides is 1. The normalized spacial score (nSPS) is 19.2. The first-order valence-electron chi connectivity index (χ1n) is 8.44. The van der Waals surface area contributed by atoms with Gasteiger partial charge in [0.2, 0.25) is 5.91 Å². The third kappa shape index (κ3) is 4.20. The van der Waals surface area contributed by atoms with Gasteiger partial charge in [0.15, 0.2) is 0 Å². The van der Waals surface area contributed by atoms with Gasteiger partial charge < -0.3 is 5.32 Å². The number of carbonyl (C=O) groups excluding carboxylic acids is 1. The van der Waals surface area contributed by atoms with Crippen LogP contribution >= 0.6 is 0 Å². The number of rotatable bonds is 5. The van der Waals surface area contributed by atoms with Crippen LogP contribution in [0, 0.1) is 5.82 Å². The number of nitrogens with zero attached hydrogens (tertiary/aromatic N) is 1. The van der Waals surface area contributed by atoms with E-state index in [4.69, 9.17) is 0 Å². The summed E-state index contributed by atoms with van der Waals surface area (Å²) in [6, 6.07) is 16.6. The van der Waals surface area contributed by atoms with Crippen molar-refractivity contribution in [1.82, 2.24) is 10.2 Å². The highest BCUT2D eigenvalue weighted by Crippen LogP contribution is 2.26. The molecule has 1 amide bonds. The van der Waals surface area contributed by atoms with E-state index in [1.54, 1.807) is 12.1 Å². The van der Waals surface area contributed by atoms with Crippen molar-refractivity contribution in [2.45, 2.75) is 25.3 Å². The van der Waals surface area contributed by atoms with Gasteiger partial charge in [0, 0.05) is 6.54 Å². The highest BCUT2D eigenvalue weighted by atomic mass is 19.1. The number of halogens is 1. The second-order valence-corrected chi connectivity index (χ2v) is 6.47. The first kappa shape index (κ1) is 16.7. The van der Waals surface area contributed by atoms with Crippen LogP contribution in [0.5, 0.6) is 0 Å². The van der Waals surface area contributed by atoms with Crippen LogP contribution in [0.15, 0.2) is 54.6 Å². The summed E-state index contributed by atoms with van der Waals surface area (Å²) in [6.07, 6.45) is 1.09. The molecule has 0 aromatic heterocycles. The maximum Gasteiger partial charge on any atom is 0.234 e. The van der Waals surface area contributed by atoms with Crippen LogP contribution in [0.1, 0.15) is 36.4 Å². The van der Waals surface area contributed by atoms with E-state index in [1.165, 1.54) is 17.7 Å². The molecule has 0 radical (unpaired) electrons. The largest absolute Gasteiger partial charge is 0.348 e. The van der Waals surface area contributed by atoms with Crippen LogP contribution in [-0.2, 0) is 4.79 Å². The summed E-state index contributed by atoms with van der Waals surface area (Å²) in [5, 5.41) is 2.99. The molecule has 0 saturated carbocycles. The van der Waals surface area contributed by atoms with E-state index in [0.717, 1.165) is 25.1 Å². The Labute approximate surface area is 142 Å². The van der Waals surface area contributed by atoms with E-state index in [1.807, 2.05) is 13.0 Å². The zero-order valence-corrected chi connectivity index (χ0v) is 13.9. The fraction of sp³-hybridized carbons (Fsp3) is 0.350. The minimum Gasteiger partial charge on any atom is -0.348 e. The molecular formula is C20H23FN2O. The van der Waals surface area contributed by atoms with Gasteiger partial charge in [-0.25, -0.2) is 4.39 Å². The number of hydrogen-bond acceptors (Lipinski definition) is 2. The van der Waals surface area contributed by atoms with E-state index >= 15 is 0 Å². The summed E-state index contributed by atoms with van der Waals surface area (Å²) in [7, 11) is 0. The number of hydrogen-bond donors (Lipinski definition) is 1. The molecule has 1 N–H and O–H groups in total. The number of carbonyl (C=O) groups is 1. The minimum atomic E-state index is -0.263. The molecule has 2 aromatic rings. The Kier molecular flexibility index (Phi) is 5.26. The average Bonchev–Trinajstić information content (AvgIpc) is 3.04. The van der Waals surface area contributed by atoms with Gasteiger partial charge in [0.25, 0.3) is 0 Å². The lowest BCUT2D eigenvalue weighted by Crippen LogP contribution is -2.37. The third-order valence-corrected chi connectivity index (χ3v) is 4.66. The van der Waals surface area contributed by atoms with Crippen LogP contribution in [0.3, 0.4) is 0 Å². The summed E-state index contributed by atoms with van der Waals surface area (Å²) in [5.41, 5.74) is 2.26. The average molecular weight is 326 g/mol. The number of nitrogens with one attached hydrogen (secondary N) is 1. The fourth-order valence-electron chi connectivity index (χ4n) is 3.30. The van der Waals surface area contributed by atoms with Gasteiger partial charge in [-0.1, -0.05) is 42.5 Å². The number of likely N-dealkylation sites (tertiary alicyclic amines) is 1. The molecule has 24 heavy (non-hydrogen) atoms. The molecule has 0 aliphatic carbocycles. The van der Waals surface area contributed by atoms with Crippen LogP contribution in [0.2, 0.25) is 0 Å². The lowest BCUT2D eigenvalue weighted by Gasteiger charge is -2.19. The maximum absolute atomic E-state index is 13.0. The Bertz CT molecular complexity index is 672. The molecule has 4 heteroatoms. The predicted molar refractivity (Wildman–Crippen MR) is 93.2 cm³/mol. The molecule has 1 heterocycles. The molecule has 3 nitrogen and oxygen atoms in total. The van der Waals surface area contributed by atoms with Crippen LogP contribution in [-0.4, -0.2) is 30.4 Å². The predicted octanol–water partition coefficient (Wildman–Crippen LogP) is 3.49. The first-order chi connectivity index (χ1) is 11.6. The highest BCUT2D eigenvalue weighted by Gasteiger charge is 2.25. The Morgan fingerprint density at radius 3 is 2.62 bits per heavy atom. The van der Waals surface area contributed by atoms with Gasteiger partial charge in [-0.05, 0) is 49.1 Å². The van der Waals surface area contributed by atoms with Gasteiger partial charge in [-0.2, -0.15) is 0 Å². The molecule has 126 valence electrons. The van der Waals surface area contributed by atoms with Crippen molar-refractivity contribution in [3.8, 4) is 0 Å². The standard InChI is InChI=1S/C20H23FN2O/c1-15(16-7-9-19(21)10-8-16)22-20(24)14-23-12-11-18(13-23)17-5-3-2-4-6-17/h2-10,15,18H,11-14H2,1H3,(H,22,24). The van der Waals surface area contributed by atoms with Crippen molar-refractivity contribution in [1.29, 1.82) is 0 Å². The zero-order chi connectivity index (χ0) is 16.9. The van der Waals surface area contributed by atoms with Gasteiger partial charge >= 0.3 is 0 Å². The monoisotopic (exact) mass is 326 g/mol. The number of benzene rings is 2. The van der Waals surface area contributed by atoms with Gasteiger partial charge in [0.05, 0.1) is 12.6 Å². The zero-order valence-electron chi connectivity index (χ0n) is 13.9. The van der Waals surface area contributed by atoms with Gasteiger partial charge in [-0.3, -0.25) is 9.69 Å². The van der Waals surface area contributed by atoms with Crippen molar-refractivity contribution >= 4 is 5.91 Å². The summed E-state index contributed by atoms with van der Waals surface area (Å²) >= 11 is 0. The van der Waals surface area contributed by atoms with E-state index in [2.05, 4.69) is 34.5 Å². The molecular weight excluding hydrogens is 303 g/mol. The summed E-state index contributed by atoms with van der Waals surface area (Å²) in [4.78, 5) is 14.5. The van der Waals surface area contributed by atoms with Crippen LogP contribution < -0.4 is 5.32 Å². The van der Waals surface area contributed by atoms with Crippen LogP contribution in [0.25, 0.3) is 0 Å². The molecule has 0 bridgehead atoms. The Morgan fingerprint density at radius 1 is 1.21 bits per heavy atom. The summed E-state index contributed by atoms with van der Waals surface area (Å²) in [6.45, 7) is 4.19. The Hall–Kier alpha value is -2.20. The summed E-state index contributed by atoms with van der Waals surface area (Å²) < 4.78 is 13.0. The van der Waals surface area contributed by atoms with Crippen molar-refractivity contribution in [3.05, 3.63) is 71.5 Å². The maximum atomic E-state index is 13.0. The Morgan fingerprint density at radius 2 is 1.92 bits per heavy atom. The smallest absolute Gasteiger partial charge is 0.234 e.